The lowest BCUT2D eigenvalue weighted by Crippen LogP contribution is -2.45. The molecule has 0 aromatic rings. The number of hydrogen-bond acceptors (Lipinski definition) is 3. The van der Waals surface area contributed by atoms with Gasteiger partial charge in [-0.25, -0.2) is 0 Å². The minimum absolute atomic E-state index is 0.0239. The van der Waals surface area contributed by atoms with Crippen molar-refractivity contribution in [2.45, 2.75) is 6.42 Å². The van der Waals surface area contributed by atoms with Crippen LogP contribution in [0.2, 0.25) is 0 Å². The molecule has 4 heteroatoms. The van der Waals surface area contributed by atoms with Gasteiger partial charge < -0.3 is 10.6 Å². The zero-order valence-corrected chi connectivity index (χ0v) is 8.99. The predicted octanol–water partition coefficient (Wildman–Crippen LogP) is 0.483. The van der Waals surface area contributed by atoms with Crippen LogP contribution in [0.25, 0.3) is 0 Å². The molecule has 0 radical (unpaired) electrons. The quantitative estimate of drug-likeness (QED) is 0.400. The zero-order valence-electron chi connectivity index (χ0n) is 8.99. The monoisotopic (exact) mass is 207 g/mol. The molecule has 1 rings (SSSR count). The van der Waals surface area contributed by atoms with Gasteiger partial charge in [-0.15, -0.1) is 0 Å². The van der Waals surface area contributed by atoms with E-state index >= 15 is 0 Å². The van der Waals surface area contributed by atoms with Crippen molar-refractivity contribution in [2.24, 2.45) is 10.9 Å². The van der Waals surface area contributed by atoms with Crippen molar-refractivity contribution in [1.29, 1.82) is 0 Å². The maximum Gasteiger partial charge on any atom is 0.225 e. The second-order valence-electron chi connectivity index (χ2n) is 3.48. The van der Waals surface area contributed by atoms with Crippen LogP contribution in [0, 0.1) is 5.92 Å². The second kappa shape index (κ2) is 6.14. The third kappa shape index (κ3) is 4.08. The molecule has 1 saturated heterocycles. The summed E-state index contributed by atoms with van der Waals surface area (Å²) in [5, 5.41) is 5.88. The Morgan fingerprint density at radius 1 is 1.67 bits per heavy atom. The lowest BCUT2D eigenvalue weighted by atomic mass is 9.99. The van der Waals surface area contributed by atoms with Crippen LogP contribution < -0.4 is 10.6 Å². The lowest BCUT2D eigenvalue weighted by Gasteiger charge is -2.26. The number of rotatable bonds is 4. The maximum absolute atomic E-state index is 11.5. The van der Waals surface area contributed by atoms with Crippen molar-refractivity contribution in [2.75, 3.05) is 20.1 Å². The topological polar surface area (TPSA) is 53.5 Å². The normalized spacial score (nSPS) is 17.5. The molecule has 2 N–H and O–H groups in total. The molecule has 0 aromatic heterocycles. The molecule has 82 valence electrons. The SMILES string of the molecule is C=C/C=C\C(=NC)NC(=O)CC1CNC1. The first-order chi connectivity index (χ1) is 7.26. The minimum atomic E-state index is 0.0239. The molecule has 0 aliphatic carbocycles. The van der Waals surface area contributed by atoms with E-state index in [1.165, 1.54) is 0 Å². The Morgan fingerprint density at radius 2 is 2.40 bits per heavy atom. The molecule has 0 spiro atoms. The Kier molecular flexibility index (Phi) is 4.77. The minimum Gasteiger partial charge on any atom is -0.316 e. The van der Waals surface area contributed by atoms with Crippen LogP contribution in [0.1, 0.15) is 6.42 Å². The van der Waals surface area contributed by atoms with Crippen molar-refractivity contribution < 1.29 is 4.79 Å². The summed E-state index contributed by atoms with van der Waals surface area (Å²) in [6.45, 7) is 5.43. The summed E-state index contributed by atoms with van der Waals surface area (Å²) in [7, 11) is 1.65. The summed E-state index contributed by atoms with van der Waals surface area (Å²) in [4.78, 5) is 15.5. The molecule has 0 atom stereocenters. The summed E-state index contributed by atoms with van der Waals surface area (Å²) in [5.74, 6) is 1.08. The largest absolute Gasteiger partial charge is 0.316 e. The van der Waals surface area contributed by atoms with E-state index in [0.717, 1.165) is 13.1 Å². The molecule has 0 unspecified atom stereocenters. The van der Waals surface area contributed by atoms with Gasteiger partial charge in [0.05, 0.1) is 0 Å². The number of allylic oxidation sites excluding steroid dienone is 2. The number of amides is 1. The van der Waals surface area contributed by atoms with Crippen molar-refractivity contribution in [3.63, 3.8) is 0 Å². The average molecular weight is 207 g/mol. The van der Waals surface area contributed by atoms with Gasteiger partial charge in [-0.1, -0.05) is 18.7 Å². The summed E-state index contributed by atoms with van der Waals surface area (Å²) >= 11 is 0. The smallest absolute Gasteiger partial charge is 0.225 e. The van der Waals surface area contributed by atoms with Crippen LogP contribution in [0.5, 0.6) is 0 Å². The Bertz CT molecular complexity index is 290. The second-order valence-corrected chi connectivity index (χ2v) is 3.48. The highest BCUT2D eigenvalue weighted by atomic mass is 16.1. The van der Waals surface area contributed by atoms with Gasteiger partial charge in [-0.3, -0.25) is 9.79 Å². The Balaban J connectivity index is 2.33. The van der Waals surface area contributed by atoms with E-state index < -0.39 is 0 Å². The van der Waals surface area contributed by atoms with E-state index in [0.29, 0.717) is 18.2 Å². The fraction of sp³-hybridized carbons (Fsp3) is 0.455. The lowest BCUT2D eigenvalue weighted by molar-refractivity contribution is -0.120. The summed E-state index contributed by atoms with van der Waals surface area (Å²) in [6, 6.07) is 0. The van der Waals surface area contributed by atoms with Gasteiger partial charge in [-0.05, 0) is 25.1 Å². The van der Waals surface area contributed by atoms with Gasteiger partial charge in [0.1, 0.15) is 5.84 Å². The Labute approximate surface area is 90.2 Å². The van der Waals surface area contributed by atoms with Gasteiger partial charge in [0.25, 0.3) is 0 Å². The number of nitrogens with zero attached hydrogens (tertiary/aromatic N) is 1. The van der Waals surface area contributed by atoms with Gasteiger partial charge in [0, 0.05) is 13.5 Å². The Morgan fingerprint density at radius 3 is 2.87 bits per heavy atom. The number of hydrogen-bond donors (Lipinski definition) is 2. The highest BCUT2D eigenvalue weighted by Gasteiger charge is 2.20. The molecule has 15 heavy (non-hydrogen) atoms. The molecule has 0 bridgehead atoms. The Hall–Kier alpha value is -1.42. The third-order valence-electron chi connectivity index (χ3n) is 2.24. The van der Waals surface area contributed by atoms with E-state index in [9.17, 15) is 4.79 Å². The average Bonchev–Trinajstić information content (AvgIpc) is 2.18. The van der Waals surface area contributed by atoms with Crippen LogP contribution >= 0.6 is 0 Å². The first kappa shape index (κ1) is 11.7. The van der Waals surface area contributed by atoms with E-state index in [4.69, 9.17) is 0 Å². The van der Waals surface area contributed by atoms with Crippen LogP contribution in [0.3, 0.4) is 0 Å². The van der Waals surface area contributed by atoms with E-state index in [-0.39, 0.29) is 5.91 Å². The fourth-order valence-corrected chi connectivity index (χ4v) is 1.28. The van der Waals surface area contributed by atoms with Crippen molar-refractivity contribution >= 4 is 11.7 Å². The maximum atomic E-state index is 11.5. The van der Waals surface area contributed by atoms with Crippen LogP contribution in [-0.4, -0.2) is 31.9 Å². The standard InChI is InChI=1S/C11H17N3O/c1-3-4-5-10(12-2)14-11(15)6-9-7-13-8-9/h3-5,9,13H,1,6-8H2,2H3,(H,12,14,15)/b5-4-. The number of carbonyl (C=O) groups is 1. The van der Waals surface area contributed by atoms with Crippen LogP contribution in [-0.2, 0) is 4.79 Å². The molecular weight excluding hydrogens is 190 g/mol. The van der Waals surface area contributed by atoms with Crippen molar-refractivity contribution in [3.8, 4) is 0 Å². The third-order valence-corrected chi connectivity index (χ3v) is 2.24. The first-order valence-corrected chi connectivity index (χ1v) is 5.02. The number of carbonyl (C=O) groups excluding carboxylic acids is 1. The summed E-state index contributed by atoms with van der Waals surface area (Å²) < 4.78 is 0. The first-order valence-electron chi connectivity index (χ1n) is 5.02. The molecule has 0 aromatic carbocycles. The molecule has 4 nitrogen and oxygen atoms in total. The number of amidine groups is 1. The van der Waals surface area contributed by atoms with E-state index in [1.54, 1.807) is 25.3 Å². The molecule has 0 saturated carbocycles. The molecule has 1 aliphatic heterocycles. The van der Waals surface area contributed by atoms with Gasteiger partial charge >= 0.3 is 0 Å². The van der Waals surface area contributed by atoms with Crippen LogP contribution in [0.15, 0.2) is 29.8 Å². The van der Waals surface area contributed by atoms with E-state index in [1.807, 2.05) is 0 Å². The predicted molar refractivity (Wildman–Crippen MR) is 61.8 cm³/mol. The summed E-state index contributed by atoms with van der Waals surface area (Å²) in [5.41, 5.74) is 0. The molecule has 1 fully saturated rings. The number of nitrogens with one attached hydrogen (secondary N) is 2. The molecule has 1 amide bonds. The molecule has 1 aliphatic rings. The molecular formula is C11H17N3O. The van der Waals surface area contributed by atoms with Gasteiger partial charge in [0.15, 0.2) is 0 Å². The highest BCUT2D eigenvalue weighted by Crippen LogP contribution is 2.07. The molecule has 1 heterocycles. The number of aliphatic imine (C=N–C) groups is 1. The van der Waals surface area contributed by atoms with Crippen molar-refractivity contribution in [3.05, 3.63) is 24.8 Å². The zero-order chi connectivity index (χ0) is 11.1. The fourth-order valence-electron chi connectivity index (χ4n) is 1.28. The van der Waals surface area contributed by atoms with Gasteiger partial charge in [0.2, 0.25) is 5.91 Å². The van der Waals surface area contributed by atoms with E-state index in [2.05, 4.69) is 22.2 Å². The summed E-state index contributed by atoms with van der Waals surface area (Å²) in [6.07, 6.45) is 5.68. The van der Waals surface area contributed by atoms with Crippen LogP contribution in [0.4, 0.5) is 0 Å². The van der Waals surface area contributed by atoms with Crippen molar-refractivity contribution in [1.82, 2.24) is 10.6 Å². The van der Waals surface area contributed by atoms with Gasteiger partial charge in [-0.2, -0.15) is 0 Å². The highest BCUT2D eigenvalue weighted by molar-refractivity contribution is 6.04.